The second kappa shape index (κ2) is 3.65. The Labute approximate surface area is 89.2 Å². The first-order valence-electron chi connectivity index (χ1n) is 5.39. The minimum Gasteiger partial charge on any atom is -0.481 e. The number of nitrogens with zero attached hydrogens (tertiary/aromatic N) is 1. The topological polar surface area (TPSA) is 50.2 Å². The Morgan fingerprint density at radius 2 is 2.27 bits per heavy atom. The van der Waals surface area contributed by atoms with Crippen LogP contribution in [-0.4, -0.2) is 16.1 Å². The van der Waals surface area contributed by atoms with E-state index >= 15 is 0 Å². The molecule has 0 radical (unpaired) electrons. The molecule has 3 nitrogen and oxygen atoms in total. The van der Waals surface area contributed by atoms with Gasteiger partial charge in [-0.1, -0.05) is 19.4 Å². The van der Waals surface area contributed by atoms with Gasteiger partial charge in [0.2, 0.25) is 0 Å². The van der Waals surface area contributed by atoms with E-state index in [4.69, 9.17) is 0 Å². The van der Waals surface area contributed by atoms with E-state index in [9.17, 15) is 9.90 Å². The fourth-order valence-electron chi connectivity index (χ4n) is 2.05. The minimum atomic E-state index is -0.727. The quantitative estimate of drug-likeness (QED) is 0.822. The van der Waals surface area contributed by atoms with Crippen molar-refractivity contribution in [3.05, 3.63) is 29.6 Å². The Kier molecular flexibility index (Phi) is 2.47. The van der Waals surface area contributed by atoms with Crippen molar-refractivity contribution in [3.8, 4) is 0 Å². The zero-order chi connectivity index (χ0) is 10.9. The highest BCUT2D eigenvalue weighted by Crippen LogP contribution is 2.43. The SMILES string of the molecule is CCc1cccc(C2(C(=O)O)CCC2)n1. The van der Waals surface area contributed by atoms with E-state index < -0.39 is 11.4 Å². The van der Waals surface area contributed by atoms with Crippen LogP contribution in [0.5, 0.6) is 0 Å². The average molecular weight is 205 g/mol. The predicted molar refractivity (Wildman–Crippen MR) is 56.8 cm³/mol. The molecule has 0 atom stereocenters. The smallest absolute Gasteiger partial charge is 0.315 e. The minimum absolute atomic E-state index is 0.689. The van der Waals surface area contributed by atoms with E-state index in [1.54, 1.807) is 0 Å². The molecule has 0 unspecified atom stereocenters. The summed E-state index contributed by atoms with van der Waals surface area (Å²) in [6.07, 6.45) is 3.29. The first-order chi connectivity index (χ1) is 7.19. The molecule has 0 saturated heterocycles. The third-order valence-electron chi connectivity index (χ3n) is 3.28. The summed E-state index contributed by atoms with van der Waals surface area (Å²) in [6, 6.07) is 5.69. The van der Waals surface area contributed by atoms with Gasteiger partial charge in [-0.25, -0.2) is 0 Å². The molecule has 0 aliphatic heterocycles. The van der Waals surface area contributed by atoms with Gasteiger partial charge in [-0.2, -0.15) is 0 Å². The number of aliphatic carboxylic acids is 1. The molecular formula is C12H15NO2. The lowest BCUT2D eigenvalue weighted by molar-refractivity contribution is -0.147. The molecule has 80 valence electrons. The zero-order valence-electron chi connectivity index (χ0n) is 8.86. The maximum Gasteiger partial charge on any atom is 0.315 e. The van der Waals surface area contributed by atoms with E-state index in [0.29, 0.717) is 0 Å². The summed E-state index contributed by atoms with van der Waals surface area (Å²) in [4.78, 5) is 15.7. The van der Waals surface area contributed by atoms with E-state index in [1.807, 2.05) is 25.1 Å². The van der Waals surface area contributed by atoms with Crippen LogP contribution in [-0.2, 0) is 16.6 Å². The molecule has 0 spiro atoms. The molecule has 1 aromatic heterocycles. The van der Waals surface area contributed by atoms with Crippen molar-refractivity contribution < 1.29 is 9.90 Å². The zero-order valence-corrected chi connectivity index (χ0v) is 8.86. The van der Waals surface area contributed by atoms with E-state index in [2.05, 4.69) is 4.98 Å². The molecule has 0 aromatic carbocycles. The van der Waals surface area contributed by atoms with Crippen LogP contribution in [0.2, 0.25) is 0 Å². The van der Waals surface area contributed by atoms with Crippen LogP contribution >= 0.6 is 0 Å². The predicted octanol–water partition coefficient (Wildman–Crippen LogP) is 2.15. The second-order valence-electron chi connectivity index (χ2n) is 4.11. The molecule has 15 heavy (non-hydrogen) atoms. The van der Waals surface area contributed by atoms with Crippen LogP contribution in [0.1, 0.15) is 37.6 Å². The van der Waals surface area contributed by atoms with Gasteiger partial charge in [0, 0.05) is 5.69 Å². The largest absolute Gasteiger partial charge is 0.481 e. The number of pyridine rings is 1. The third kappa shape index (κ3) is 1.52. The number of rotatable bonds is 3. The van der Waals surface area contributed by atoms with Gasteiger partial charge < -0.3 is 5.11 Å². The second-order valence-corrected chi connectivity index (χ2v) is 4.11. The molecule has 1 saturated carbocycles. The number of aromatic nitrogens is 1. The maximum absolute atomic E-state index is 11.3. The van der Waals surface area contributed by atoms with Crippen molar-refractivity contribution >= 4 is 5.97 Å². The molecular weight excluding hydrogens is 190 g/mol. The van der Waals surface area contributed by atoms with Gasteiger partial charge >= 0.3 is 5.97 Å². The van der Waals surface area contributed by atoms with Gasteiger partial charge in [0.1, 0.15) is 5.41 Å². The lowest BCUT2D eigenvalue weighted by Crippen LogP contribution is -2.43. The lowest BCUT2D eigenvalue weighted by atomic mass is 9.66. The Morgan fingerprint density at radius 1 is 1.53 bits per heavy atom. The van der Waals surface area contributed by atoms with Crippen molar-refractivity contribution in [2.24, 2.45) is 0 Å². The number of hydrogen-bond donors (Lipinski definition) is 1. The van der Waals surface area contributed by atoms with E-state index in [1.165, 1.54) is 0 Å². The van der Waals surface area contributed by atoms with Crippen LogP contribution in [0, 0.1) is 0 Å². The Hall–Kier alpha value is -1.38. The fraction of sp³-hybridized carbons (Fsp3) is 0.500. The number of carbonyl (C=O) groups is 1. The summed E-state index contributed by atoms with van der Waals surface area (Å²) < 4.78 is 0. The normalized spacial score (nSPS) is 18.2. The van der Waals surface area contributed by atoms with Gasteiger partial charge in [0.25, 0.3) is 0 Å². The average Bonchev–Trinajstić information content (AvgIpc) is 2.16. The maximum atomic E-state index is 11.3. The summed E-state index contributed by atoms with van der Waals surface area (Å²) in [6.45, 7) is 2.03. The monoisotopic (exact) mass is 205 g/mol. The van der Waals surface area contributed by atoms with E-state index in [-0.39, 0.29) is 0 Å². The molecule has 1 aromatic rings. The van der Waals surface area contributed by atoms with Crippen LogP contribution in [0.25, 0.3) is 0 Å². The van der Waals surface area contributed by atoms with Crippen molar-refractivity contribution in [1.29, 1.82) is 0 Å². The first kappa shape index (κ1) is 10.1. The molecule has 1 aliphatic carbocycles. The van der Waals surface area contributed by atoms with Crippen molar-refractivity contribution in [1.82, 2.24) is 4.98 Å². The van der Waals surface area contributed by atoms with E-state index in [0.717, 1.165) is 37.1 Å². The number of aryl methyl sites for hydroxylation is 1. The number of carboxylic acid groups (broad SMARTS) is 1. The summed E-state index contributed by atoms with van der Waals surface area (Å²) >= 11 is 0. The Bertz CT molecular complexity index is 383. The van der Waals surface area contributed by atoms with Crippen LogP contribution < -0.4 is 0 Å². The van der Waals surface area contributed by atoms with Crippen molar-refractivity contribution in [2.75, 3.05) is 0 Å². The Morgan fingerprint density at radius 3 is 2.73 bits per heavy atom. The molecule has 1 aliphatic rings. The number of carboxylic acids is 1. The van der Waals surface area contributed by atoms with Crippen molar-refractivity contribution in [2.45, 2.75) is 38.0 Å². The van der Waals surface area contributed by atoms with Crippen LogP contribution in [0.15, 0.2) is 18.2 Å². The molecule has 2 rings (SSSR count). The third-order valence-corrected chi connectivity index (χ3v) is 3.28. The Balaban J connectivity index is 2.38. The molecule has 1 N–H and O–H groups in total. The summed E-state index contributed by atoms with van der Waals surface area (Å²) in [5.74, 6) is -0.727. The molecule has 3 heteroatoms. The highest BCUT2D eigenvalue weighted by atomic mass is 16.4. The van der Waals surface area contributed by atoms with Crippen LogP contribution in [0.4, 0.5) is 0 Å². The summed E-state index contributed by atoms with van der Waals surface area (Å²) in [7, 11) is 0. The first-order valence-corrected chi connectivity index (χ1v) is 5.39. The molecule has 0 amide bonds. The highest BCUT2D eigenvalue weighted by molar-refractivity contribution is 5.81. The summed E-state index contributed by atoms with van der Waals surface area (Å²) in [5.41, 5.74) is 1.02. The van der Waals surface area contributed by atoms with Gasteiger partial charge in [-0.15, -0.1) is 0 Å². The van der Waals surface area contributed by atoms with Gasteiger partial charge in [-0.05, 0) is 31.4 Å². The fourth-order valence-corrected chi connectivity index (χ4v) is 2.05. The van der Waals surface area contributed by atoms with Gasteiger partial charge in [0.05, 0.1) is 5.69 Å². The molecule has 0 bridgehead atoms. The van der Waals surface area contributed by atoms with Crippen LogP contribution in [0.3, 0.4) is 0 Å². The summed E-state index contributed by atoms with van der Waals surface area (Å²) in [5, 5.41) is 9.26. The standard InChI is InChI=1S/C12H15NO2/c1-2-9-5-3-6-10(13-9)12(11(14)15)7-4-8-12/h3,5-6H,2,4,7-8H2,1H3,(H,14,15). The molecule has 1 heterocycles. The number of hydrogen-bond acceptors (Lipinski definition) is 2. The lowest BCUT2D eigenvalue weighted by Gasteiger charge is -2.37. The van der Waals surface area contributed by atoms with Gasteiger partial charge in [-0.3, -0.25) is 9.78 Å². The van der Waals surface area contributed by atoms with Crippen molar-refractivity contribution in [3.63, 3.8) is 0 Å². The highest BCUT2D eigenvalue weighted by Gasteiger charge is 2.47. The molecule has 1 fully saturated rings. The van der Waals surface area contributed by atoms with Gasteiger partial charge in [0.15, 0.2) is 0 Å².